The molecule has 1 aliphatic heterocycles. The Morgan fingerprint density at radius 3 is 2.77 bits per heavy atom. The van der Waals surface area contributed by atoms with E-state index >= 15 is 0 Å². The van der Waals surface area contributed by atoms with Crippen molar-refractivity contribution in [2.24, 2.45) is 10.2 Å². The Morgan fingerprint density at radius 1 is 1.26 bits per heavy atom. The minimum atomic E-state index is -0.940. The molecule has 0 aromatic heterocycles. The third kappa shape index (κ3) is 5.53. The van der Waals surface area contributed by atoms with Crippen molar-refractivity contribution in [3.8, 4) is 5.75 Å². The van der Waals surface area contributed by atoms with E-state index in [9.17, 15) is 19.1 Å². The summed E-state index contributed by atoms with van der Waals surface area (Å²) in [5.41, 5.74) is 4.54. The quantitative estimate of drug-likeness (QED) is 0.341. The summed E-state index contributed by atoms with van der Waals surface area (Å²) >= 11 is 0. The van der Waals surface area contributed by atoms with Gasteiger partial charge in [-0.05, 0) is 37.1 Å². The Morgan fingerprint density at radius 2 is 2.03 bits per heavy atom. The molecular weight excluding hydrogens is 403 g/mol. The van der Waals surface area contributed by atoms with Crippen molar-refractivity contribution >= 4 is 41.1 Å². The number of phenols is 1. The van der Waals surface area contributed by atoms with E-state index in [2.05, 4.69) is 15.6 Å². The third-order valence-electron chi connectivity index (χ3n) is 4.47. The molecule has 160 valence electrons. The highest BCUT2D eigenvalue weighted by molar-refractivity contribution is 6.68. The topological polar surface area (TPSA) is 115 Å². The zero-order chi connectivity index (χ0) is 22.4. The minimum Gasteiger partial charge on any atom is -0.505 e. The van der Waals surface area contributed by atoms with Crippen molar-refractivity contribution in [1.82, 2.24) is 5.01 Å². The lowest BCUT2D eigenvalue weighted by Crippen LogP contribution is -2.29. The highest BCUT2D eigenvalue weighted by atomic mass is 19.1. The van der Waals surface area contributed by atoms with Gasteiger partial charge in [0.25, 0.3) is 5.91 Å². The third-order valence-corrected chi connectivity index (χ3v) is 4.47. The van der Waals surface area contributed by atoms with E-state index in [0.29, 0.717) is 16.8 Å². The van der Waals surface area contributed by atoms with Crippen LogP contribution in [0.1, 0.15) is 30.9 Å². The molecule has 31 heavy (non-hydrogen) atoms. The van der Waals surface area contributed by atoms with E-state index in [-0.39, 0.29) is 42.4 Å². The number of aromatic hydroxyl groups is 1. The first-order valence-corrected chi connectivity index (χ1v) is 9.53. The van der Waals surface area contributed by atoms with Gasteiger partial charge in [-0.25, -0.2) is 9.40 Å². The second-order valence-electron chi connectivity index (χ2n) is 6.81. The summed E-state index contributed by atoms with van der Waals surface area (Å²) in [6, 6.07) is 11.0. The van der Waals surface area contributed by atoms with E-state index in [1.54, 1.807) is 49.4 Å². The number of hydrogen-bond acceptors (Lipinski definition) is 6. The number of amides is 1. The van der Waals surface area contributed by atoms with Crippen LogP contribution in [0, 0.1) is 5.82 Å². The number of nitrogens with one attached hydrogen (secondary N) is 1. The maximum Gasteiger partial charge on any atom is 0.303 e. The van der Waals surface area contributed by atoms with Crippen molar-refractivity contribution in [1.29, 1.82) is 0 Å². The number of aliphatic carboxylic acids is 1. The van der Waals surface area contributed by atoms with E-state index in [1.165, 1.54) is 17.1 Å². The Balaban J connectivity index is 1.71. The van der Waals surface area contributed by atoms with E-state index < -0.39 is 11.9 Å². The standard InChI is InChI=1S/C22H21FN4O4/c1-14-20(22(31)27(26-14)12-4-9-19(28)29)25-24-18-8-3-6-16(21(18)30)11-10-15-5-2-7-17(23)13-15/h2-3,5-8,10-11,13,24,30H,4,9,12H2,1H3,(H,28,29)/b11-10+,25-20-. The highest BCUT2D eigenvalue weighted by Crippen LogP contribution is 2.29. The minimum absolute atomic E-state index is 0.0626. The van der Waals surface area contributed by atoms with Gasteiger partial charge in [0.2, 0.25) is 0 Å². The van der Waals surface area contributed by atoms with Crippen LogP contribution in [0.15, 0.2) is 52.7 Å². The van der Waals surface area contributed by atoms with E-state index in [1.807, 2.05) is 0 Å². The molecular formula is C22H21FN4O4. The van der Waals surface area contributed by atoms with Gasteiger partial charge in [-0.3, -0.25) is 15.0 Å². The molecule has 0 saturated carbocycles. The summed E-state index contributed by atoms with van der Waals surface area (Å²) in [6.45, 7) is 1.79. The summed E-state index contributed by atoms with van der Waals surface area (Å²) in [4.78, 5) is 23.1. The number of hydrazone groups is 2. The average molecular weight is 424 g/mol. The molecule has 0 aliphatic carbocycles. The largest absolute Gasteiger partial charge is 0.505 e. The fourth-order valence-electron chi connectivity index (χ4n) is 2.91. The van der Waals surface area contributed by atoms with E-state index in [4.69, 9.17) is 5.11 Å². The molecule has 9 heteroatoms. The number of carbonyl (C=O) groups is 2. The normalized spacial score (nSPS) is 15.0. The Labute approximate surface area is 178 Å². The van der Waals surface area contributed by atoms with Crippen LogP contribution in [0.3, 0.4) is 0 Å². The number of nitrogens with zero attached hydrogens (tertiary/aromatic N) is 3. The Kier molecular flexibility index (Phi) is 6.76. The lowest BCUT2D eigenvalue weighted by atomic mass is 10.1. The van der Waals surface area contributed by atoms with Gasteiger partial charge >= 0.3 is 5.97 Å². The SMILES string of the molecule is CC1=NN(CCCC(=O)O)C(=O)/C1=N\Nc1cccc(/C=C/c2cccc(F)c2)c1O. The summed E-state index contributed by atoms with van der Waals surface area (Å²) in [5, 5.41) is 28.6. The first-order valence-electron chi connectivity index (χ1n) is 9.53. The van der Waals surface area contributed by atoms with Gasteiger partial charge in [-0.2, -0.15) is 10.2 Å². The molecule has 2 aromatic rings. The second-order valence-corrected chi connectivity index (χ2v) is 6.81. The molecule has 2 aromatic carbocycles. The van der Waals surface area contributed by atoms with Crippen LogP contribution in [-0.4, -0.2) is 45.1 Å². The second kappa shape index (κ2) is 9.66. The number of para-hydroxylation sites is 1. The van der Waals surface area contributed by atoms with Gasteiger partial charge in [-0.15, -0.1) is 0 Å². The summed E-state index contributed by atoms with van der Waals surface area (Å²) < 4.78 is 13.3. The molecule has 0 saturated heterocycles. The molecule has 0 radical (unpaired) electrons. The molecule has 0 atom stereocenters. The number of carbonyl (C=O) groups excluding carboxylic acids is 1. The molecule has 1 heterocycles. The summed E-state index contributed by atoms with van der Waals surface area (Å²) in [5.74, 6) is -1.83. The van der Waals surface area contributed by atoms with Crippen LogP contribution in [0.5, 0.6) is 5.75 Å². The first-order chi connectivity index (χ1) is 14.8. The molecule has 0 bridgehead atoms. The molecule has 0 fully saturated rings. The van der Waals surface area contributed by atoms with Crippen molar-refractivity contribution in [2.75, 3.05) is 12.0 Å². The van der Waals surface area contributed by atoms with Gasteiger partial charge in [-0.1, -0.05) is 36.4 Å². The lowest BCUT2D eigenvalue weighted by Gasteiger charge is -2.10. The van der Waals surface area contributed by atoms with E-state index in [0.717, 1.165) is 0 Å². The van der Waals surface area contributed by atoms with Gasteiger partial charge in [0, 0.05) is 18.5 Å². The van der Waals surface area contributed by atoms with Crippen LogP contribution in [-0.2, 0) is 9.59 Å². The van der Waals surface area contributed by atoms with Crippen LogP contribution in [0.4, 0.5) is 10.1 Å². The van der Waals surface area contributed by atoms with Gasteiger partial charge < -0.3 is 10.2 Å². The van der Waals surface area contributed by atoms with Gasteiger partial charge in [0.1, 0.15) is 11.6 Å². The van der Waals surface area contributed by atoms with Gasteiger partial charge in [0.05, 0.1) is 11.4 Å². The predicted molar refractivity (Wildman–Crippen MR) is 116 cm³/mol. The smallest absolute Gasteiger partial charge is 0.303 e. The number of benzene rings is 2. The lowest BCUT2D eigenvalue weighted by molar-refractivity contribution is -0.137. The van der Waals surface area contributed by atoms with Crippen LogP contribution in [0.25, 0.3) is 12.2 Å². The number of carboxylic acid groups (broad SMARTS) is 1. The number of rotatable bonds is 8. The molecule has 8 nitrogen and oxygen atoms in total. The zero-order valence-electron chi connectivity index (χ0n) is 16.7. The van der Waals surface area contributed by atoms with Crippen molar-refractivity contribution in [2.45, 2.75) is 19.8 Å². The van der Waals surface area contributed by atoms with Crippen LogP contribution >= 0.6 is 0 Å². The Bertz CT molecular complexity index is 1090. The molecule has 0 spiro atoms. The maximum absolute atomic E-state index is 13.3. The monoisotopic (exact) mass is 424 g/mol. The van der Waals surface area contributed by atoms with Crippen molar-refractivity contribution in [3.05, 3.63) is 59.4 Å². The molecule has 1 aliphatic rings. The van der Waals surface area contributed by atoms with Crippen molar-refractivity contribution < 1.29 is 24.2 Å². The van der Waals surface area contributed by atoms with Crippen LogP contribution < -0.4 is 5.43 Å². The predicted octanol–water partition coefficient (Wildman–Crippen LogP) is 3.55. The van der Waals surface area contributed by atoms with Crippen molar-refractivity contribution in [3.63, 3.8) is 0 Å². The fraction of sp³-hybridized carbons (Fsp3) is 0.182. The van der Waals surface area contributed by atoms with Crippen LogP contribution in [0.2, 0.25) is 0 Å². The average Bonchev–Trinajstić information content (AvgIpc) is 2.99. The highest BCUT2D eigenvalue weighted by Gasteiger charge is 2.29. The number of hydrogen-bond donors (Lipinski definition) is 3. The molecule has 0 unspecified atom stereocenters. The number of phenolic OH excluding ortho intramolecular Hbond substituents is 1. The number of halogens is 1. The molecule has 3 rings (SSSR count). The van der Waals surface area contributed by atoms with Gasteiger partial charge in [0.15, 0.2) is 5.71 Å². The zero-order valence-corrected chi connectivity index (χ0v) is 16.7. The maximum atomic E-state index is 13.3. The number of anilines is 1. The summed E-state index contributed by atoms with van der Waals surface area (Å²) in [7, 11) is 0. The number of carboxylic acids is 1. The molecule has 1 amide bonds. The summed E-state index contributed by atoms with van der Waals surface area (Å²) in [6.07, 6.45) is 3.52. The Hall–Kier alpha value is -4.01. The fourth-order valence-corrected chi connectivity index (χ4v) is 2.91. The molecule has 3 N–H and O–H groups in total. The first kappa shape index (κ1) is 21.7.